The molecule has 1 amide bonds. The molecule has 0 rings (SSSR count). The minimum absolute atomic E-state index is 0.0727. The number of hydrogen-bond donors (Lipinski definition) is 2. The van der Waals surface area contributed by atoms with E-state index in [0.29, 0.717) is 6.42 Å². The average Bonchev–Trinajstić information content (AvgIpc) is 2.18. The van der Waals surface area contributed by atoms with Crippen molar-refractivity contribution < 1.29 is 27.8 Å². The topological polar surface area (TPSA) is 58.6 Å². The van der Waals surface area contributed by atoms with Crippen LogP contribution in [0.5, 0.6) is 0 Å². The van der Waals surface area contributed by atoms with Crippen molar-refractivity contribution in [3.05, 3.63) is 0 Å². The van der Waals surface area contributed by atoms with Crippen molar-refractivity contribution >= 4 is 5.91 Å². The number of alkyl halides is 3. The minimum atomic E-state index is -4.38. The van der Waals surface area contributed by atoms with E-state index in [1.165, 1.54) is 0 Å². The predicted molar refractivity (Wildman–Crippen MR) is 64.6 cm³/mol. The van der Waals surface area contributed by atoms with E-state index in [1.54, 1.807) is 6.92 Å². The molecule has 0 bridgehead atoms. The van der Waals surface area contributed by atoms with Gasteiger partial charge in [0.15, 0.2) is 0 Å². The van der Waals surface area contributed by atoms with Gasteiger partial charge in [0.1, 0.15) is 6.61 Å². The molecule has 114 valence electrons. The molecule has 0 aromatic carbocycles. The van der Waals surface area contributed by atoms with Gasteiger partial charge in [-0.05, 0) is 19.3 Å². The summed E-state index contributed by atoms with van der Waals surface area (Å²) in [4.78, 5) is 11.3. The Kier molecular flexibility index (Phi) is 7.36. The van der Waals surface area contributed by atoms with Gasteiger partial charge in [-0.3, -0.25) is 4.79 Å². The van der Waals surface area contributed by atoms with E-state index < -0.39 is 24.3 Å². The average molecular weight is 285 g/mol. The summed E-state index contributed by atoms with van der Waals surface area (Å²) in [6.07, 6.45) is -4.01. The van der Waals surface area contributed by atoms with Crippen molar-refractivity contribution in [3.63, 3.8) is 0 Å². The van der Waals surface area contributed by atoms with Gasteiger partial charge in [-0.1, -0.05) is 13.8 Å². The molecule has 7 heteroatoms. The van der Waals surface area contributed by atoms with Gasteiger partial charge < -0.3 is 15.2 Å². The highest BCUT2D eigenvalue weighted by atomic mass is 19.4. The fourth-order valence-corrected chi connectivity index (χ4v) is 1.68. The summed E-state index contributed by atoms with van der Waals surface area (Å²) in [6, 6.07) is 0. The number of hydrogen-bond acceptors (Lipinski definition) is 3. The molecule has 0 aliphatic carbocycles. The molecule has 0 heterocycles. The SMILES string of the molecule is CC(C)CC(C)(O)CNC(=O)CCOCC(F)(F)F. The van der Waals surface area contributed by atoms with Gasteiger partial charge >= 0.3 is 6.18 Å². The number of rotatable bonds is 8. The van der Waals surface area contributed by atoms with E-state index in [0.717, 1.165) is 0 Å². The molecular weight excluding hydrogens is 263 g/mol. The summed E-state index contributed by atoms with van der Waals surface area (Å²) in [5.41, 5.74) is -1.02. The van der Waals surface area contributed by atoms with Gasteiger partial charge in [0.05, 0.1) is 12.2 Å². The van der Waals surface area contributed by atoms with E-state index in [9.17, 15) is 23.1 Å². The fraction of sp³-hybridized carbons (Fsp3) is 0.917. The third kappa shape index (κ3) is 12.0. The third-order valence-electron chi connectivity index (χ3n) is 2.25. The highest BCUT2D eigenvalue weighted by Gasteiger charge is 2.27. The number of amides is 1. The second kappa shape index (κ2) is 7.69. The number of carbonyl (C=O) groups excluding carboxylic acids is 1. The van der Waals surface area contributed by atoms with Crippen molar-refractivity contribution in [1.82, 2.24) is 5.32 Å². The summed E-state index contributed by atoms with van der Waals surface area (Å²) in [6.45, 7) is 3.92. The maximum atomic E-state index is 11.7. The van der Waals surface area contributed by atoms with E-state index in [-0.39, 0.29) is 25.5 Å². The fourth-order valence-electron chi connectivity index (χ4n) is 1.68. The van der Waals surface area contributed by atoms with Crippen molar-refractivity contribution in [2.75, 3.05) is 19.8 Å². The molecule has 0 aromatic rings. The number of nitrogens with one attached hydrogen (secondary N) is 1. The zero-order valence-electron chi connectivity index (χ0n) is 11.5. The minimum Gasteiger partial charge on any atom is -0.388 e. The van der Waals surface area contributed by atoms with Gasteiger partial charge in [-0.15, -0.1) is 0 Å². The Morgan fingerprint density at radius 2 is 1.95 bits per heavy atom. The Labute approximate surface area is 111 Å². The van der Waals surface area contributed by atoms with Gasteiger partial charge in [0.25, 0.3) is 0 Å². The summed E-state index contributed by atoms with van der Waals surface area (Å²) < 4.78 is 39.6. The molecule has 2 N–H and O–H groups in total. The number of ether oxygens (including phenoxy) is 1. The van der Waals surface area contributed by atoms with Crippen LogP contribution in [0.4, 0.5) is 13.2 Å². The van der Waals surface area contributed by atoms with E-state index >= 15 is 0 Å². The van der Waals surface area contributed by atoms with Crippen LogP contribution in [0.1, 0.15) is 33.6 Å². The van der Waals surface area contributed by atoms with Gasteiger partial charge in [0, 0.05) is 13.0 Å². The highest BCUT2D eigenvalue weighted by molar-refractivity contribution is 5.76. The predicted octanol–water partition coefficient (Wildman–Crippen LogP) is 1.87. The molecule has 0 saturated heterocycles. The lowest BCUT2D eigenvalue weighted by Crippen LogP contribution is -2.41. The van der Waals surface area contributed by atoms with Crippen LogP contribution in [0, 0.1) is 5.92 Å². The molecule has 1 unspecified atom stereocenters. The zero-order valence-corrected chi connectivity index (χ0v) is 11.5. The van der Waals surface area contributed by atoms with E-state index in [4.69, 9.17) is 0 Å². The van der Waals surface area contributed by atoms with Crippen LogP contribution in [-0.4, -0.2) is 42.5 Å². The van der Waals surface area contributed by atoms with Crippen molar-refractivity contribution in [3.8, 4) is 0 Å². The lowest BCUT2D eigenvalue weighted by molar-refractivity contribution is -0.174. The largest absolute Gasteiger partial charge is 0.411 e. The Balaban J connectivity index is 3.76. The molecule has 0 aliphatic rings. The first-order valence-electron chi connectivity index (χ1n) is 6.15. The van der Waals surface area contributed by atoms with Crippen LogP contribution in [-0.2, 0) is 9.53 Å². The number of halogens is 3. The van der Waals surface area contributed by atoms with Crippen molar-refractivity contribution in [1.29, 1.82) is 0 Å². The Hall–Kier alpha value is -0.820. The molecule has 1 atom stereocenters. The second-order valence-corrected chi connectivity index (χ2v) is 5.29. The third-order valence-corrected chi connectivity index (χ3v) is 2.25. The molecule has 0 aromatic heterocycles. The lowest BCUT2D eigenvalue weighted by Gasteiger charge is -2.25. The molecular formula is C12H22F3NO3. The number of carbonyl (C=O) groups is 1. The van der Waals surface area contributed by atoms with Crippen LogP contribution < -0.4 is 5.32 Å². The Morgan fingerprint density at radius 1 is 1.37 bits per heavy atom. The van der Waals surface area contributed by atoms with E-state index in [2.05, 4.69) is 10.1 Å². The standard InChI is InChI=1S/C12H22F3NO3/c1-9(2)6-11(3,18)7-16-10(17)4-5-19-8-12(13,14)15/h9,18H,4-8H2,1-3H3,(H,16,17). The monoisotopic (exact) mass is 285 g/mol. The van der Waals surface area contributed by atoms with Gasteiger partial charge in [0.2, 0.25) is 5.91 Å². The first-order chi connectivity index (χ1) is 8.52. The van der Waals surface area contributed by atoms with Crippen molar-refractivity contribution in [2.45, 2.75) is 45.4 Å². The summed E-state index contributed by atoms with van der Waals surface area (Å²) in [5, 5.41) is 12.4. The molecule has 0 saturated carbocycles. The Morgan fingerprint density at radius 3 is 2.42 bits per heavy atom. The molecule has 4 nitrogen and oxygen atoms in total. The summed E-state index contributed by atoms with van der Waals surface area (Å²) in [7, 11) is 0. The number of aliphatic hydroxyl groups is 1. The first-order valence-corrected chi connectivity index (χ1v) is 6.15. The van der Waals surface area contributed by atoms with Crippen LogP contribution >= 0.6 is 0 Å². The maximum Gasteiger partial charge on any atom is 0.411 e. The molecule has 0 spiro atoms. The van der Waals surface area contributed by atoms with Crippen LogP contribution in [0.3, 0.4) is 0 Å². The van der Waals surface area contributed by atoms with Crippen LogP contribution in [0.2, 0.25) is 0 Å². The van der Waals surface area contributed by atoms with Crippen LogP contribution in [0.15, 0.2) is 0 Å². The first kappa shape index (κ1) is 18.2. The van der Waals surface area contributed by atoms with Crippen LogP contribution in [0.25, 0.3) is 0 Å². The Bertz CT molecular complexity index is 278. The maximum absolute atomic E-state index is 11.7. The quantitative estimate of drug-likeness (QED) is 0.669. The normalized spacial score (nSPS) is 15.4. The lowest BCUT2D eigenvalue weighted by atomic mass is 9.94. The molecule has 0 fully saturated rings. The molecule has 0 aliphatic heterocycles. The van der Waals surface area contributed by atoms with Gasteiger partial charge in [-0.2, -0.15) is 13.2 Å². The molecule has 19 heavy (non-hydrogen) atoms. The summed E-state index contributed by atoms with van der Waals surface area (Å²) >= 11 is 0. The zero-order chi connectivity index (χ0) is 15.1. The highest BCUT2D eigenvalue weighted by Crippen LogP contribution is 2.15. The van der Waals surface area contributed by atoms with Crippen molar-refractivity contribution in [2.24, 2.45) is 5.92 Å². The smallest absolute Gasteiger partial charge is 0.388 e. The molecule has 0 radical (unpaired) electrons. The second-order valence-electron chi connectivity index (χ2n) is 5.29. The van der Waals surface area contributed by atoms with E-state index in [1.807, 2.05) is 13.8 Å². The summed E-state index contributed by atoms with van der Waals surface area (Å²) in [5.74, 6) is -0.159. The van der Waals surface area contributed by atoms with Gasteiger partial charge in [-0.25, -0.2) is 0 Å².